The molecule has 1 aliphatic heterocycles. The summed E-state index contributed by atoms with van der Waals surface area (Å²) in [6, 6.07) is 13.2. The number of hydrogen-bond acceptors (Lipinski definition) is 5. The molecular weight excluding hydrogens is 368 g/mol. The van der Waals surface area contributed by atoms with E-state index >= 15 is 0 Å². The Balaban J connectivity index is 1.37. The number of nitrogens with zero attached hydrogens (tertiary/aromatic N) is 5. The number of hydrogen-bond donors (Lipinski definition) is 1. The van der Waals surface area contributed by atoms with Crippen molar-refractivity contribution in [2.45, 2.75) is 32.0 Å². The lowest BCUT2D eigenvalue weighted by molar-refractivity contribution is 0.0720. The molecule has 0 spiro atoms. The molecular formula is C21H22N6O2. The zero-order chi connectivity index (χ0) is 20.1. The smallest absolute Gasteiger partial charge is 0.273 e. The molecule has 29 heavy (non-hydrogen) atoms. The molecule has 1 N–H and O–H groups in total. The summed E-state index contributed by atoms with van der Waals surface area (Å²) >= 11 is 0. The van der Waals surface area contributed by atoms with Crippen molar-refractivity contribution in [3.05, 3.63) is 77.9 Å². The highest BCUT2D eigenvalue weighted by molar-refractivity contribution is 5.94. The number of rotatable bonds is 6. The van der Waals surface area contributed by atoms with Crippen molar-refractivity contribution in [2.75, 3.05) is 6.54 Å². The highest BCUT2D eigenvalue weighted by Crippen LogP contribution is 2.21. The van der Waals surface area contributed by atoms with Crippen LogP contribution in [0.4, 0.5) is 0 Å². The van der Waals surface area contributed by atoms with Crippen LogP contribution in [-0.2, 0) is 13.1 Å². The van der Waals surface area contributed by atoms with Crippen molar-refractivity contribution in [1.29, 1.82) is 0 Å². The third-order valence-corrected chi connectivity index (χ3v) is 5.03. The Morgan fingerprint density at radius 2 is 1.90 bits per heavy atom. The summed E-state index contributed by atoms with van der Waals surface area (Å²) < 4.78 is 1.64. The largest absolute Gasteiger partial charge is 0.347 e. The zero-order valence-electron chi connectivity index (χ0n) is 15.9. The zero-order valence-corrected chi connectivity index (χ0v) is 15.9. The summed E-state index contributed by atoms with van der Waals surface area (Å²) in [7, 11) is 0. The van der Waals surface area contributed by atoms with Crippen molar-refractivity contribution in [3.8, 4) is 0 Å². The van der Waals surface area contributed by atoms with Gasteiger partial charge in [0.1, 0.15) is 0 Å². The third-order valence-electron chi connectivity index (χ3n) is 5.03. The van der Waals surface area contributed by atoms with Gasteiger partial charge in [-0.25, -0.2) is 4.68 Å². The van der Waals surface area contributed by atoms with Crippen LogP contribution in [0.2, 0.25) is 0 Å². The monoisotopic (exact) mass is 390 g/mol. The second-order valence-corrected chi connectivity index (χ2v) is 7.02. The van der Waals surface area contributed by atoms with Gasteiger partial charge >= 0.3 is 0 Å². The van der Waals surface area contributed by atoms with Gasteiger partial charge in [-0.1, -0.05) is 35.5 Å². The van der Waals surface area contributed by atoms with E-state index in [1.165, 1.54) is 0 Å². The number of benzene rings is 1. The number of carbonyl (C=O) groups is 2. The standard InChI is InChI=1S/C21H22N6O2/c28-20(23-13-16-5-2-1-3-6-16)19-15-26(25-24-19)14-18-7-4-12-27(18)21(29)17-8-10-22-11-9-17/h1-3,5-6,8-11,15,18H,4,7,12-14H2,(H,23,28). The van der Waals surface area contributed by atoms with Crippen LogP contribution < -0.4 is 5.32 Å². The minimum Gasteiger partial charge on any atom is -0.347 e. The van der Waals surface area contributed by atoms with Gasteiger partial charge in [-0.2, -0.15) is 0 Å². The molecule has 2 amide bonds. The molecule has 0 saturated carbocycles. The molecule has 8 nitrogen and oxygen atoms in total. The minimum absolute atomic E-state index is 0.00385. The van der Waals surface area contributed by atoms with E-state index < -0.39 is 0 Å². The lowest BCUT2D eigenvalue weighted by Gasteiger charge is -2.24. The van der Waals surface area contributed by atoms with Crippen LogP contribution in [-0.4, -0.2) is 49.3 Å². The van der Waals surface area contributed by atoms with Crippen molar-refractivity contribution in [2.24, 2.45) is 0 Å². The molecule has 0 bridgehead atoms. The molecule has 1 aliphatic rings. The minimum atomic E-state index is -0.267. The topological polar surface area (TPSA) is 93.0 Å². The summed E-state index contributed by atoms with van der Waals surface area (Å²) in [6.07, 6.45) is 6.71. The summed E-state index contributed by atoms with van der Waals surface area (Å²) in [6.45, 7) is 1.66. The van der Waals surface area contributed by atoms with Gasteiger partial charge in [0.15, 0.2) is 5.69 Å². The van der Waals surface area contributed by atoms with E-state index in [0.29, 0.717) is 25.2 Å². The number of amides is 2. The molecule has 1 atom stereocenters. The Morgan fingerprint density at radius 3 is 2.69 bits per heavy atom. The molecule has 148 valence electrons. The van der Waals surface area contributed by atoms with Crippen LogP contribution in [0.1, 0.15) is 39.3 Å². The highest BCUT2D eigenvalue weighted by Gasteiger charge is 2.30. The predicted molar refractivity (Wildman–Crippen MR) is 106 cm³/mol. The van der Waals surface area contributed by atoms with Gasteiger partial charge in [-0.05, 0) is 30.5 Å². The van der Waals surface area contributed by atoms with E-state index in [-0.39, 0.29) is 23.6 Å². The molecule has 0 radical (unpaired) electrons. The molecule has 8 heteroatoms. The Bertz CT molecular complexity index is 973. The van der Waals surface area contributed by atoms with Crippen LogP contribution in [0.5, 0.6) is 0 Å². The van der Waals surface area contributed by atoms with Crippen LogP contribution >= 0.6 is 0 Å². The van der Waals surface area contributed by atoms with Gasteiger partial charge < -0.3 is 10.2 Å². The normalized spacial score (nSPS) is 16.0. The van der Waals surface area contributed by atoms with Crippen LogP contribution in [0, 0.1) is 0 Å². The molecule has 3 heterocycles. The molecule has 4 rings (SSSR count). The fraction of sp³-hybridized carbons (Fsp3) is 0.286. The molecule has 3 aromatic rings. The first-order valence-electron chi connectivity index (χ1n) is 9.64. The van der Waals surface area contributed by atoms with Crippen LogP contribution in [0.3, 0.4) is 0 Å². The lowest BCUT2D eigenvalue weighted by atomic mass is 10.2. The lowest BCUT2D eigenvalue weighted by Crippen LogP contribution is -2.38. The van der Waals surface area contributed by atoms with Gasteiger partial charge in [0.25, 0.3) is 11.8 Å². The van der Waals surface area contributed by atoms with E-state index in [2.05, 4.69) is 20.6 Å². The average Bonchev–Trinajstić information content (AvgIpc) is 3.43. The van der Waals surface area contributed by atoms with E-state index in [1.807, 2.05) is 35.2 Å². The molecule has 1 saturated heterocycles. The Kier molecular flexibility index (Phi) is 5.60. The Morgan fingerprint density at radius 1 is 1.10 bits per heavy atom. The van der Waals surface area contributed by atoms with Crippen molar-refractivity contribution in [3.63, 3.8) is 0 Å². The van der Waals surface area contributed by atoms with Gasteiger partial charge in [-0.3, -0.25) is 14.6 Å². The second-order valence-electron chi connectivity index (χ2n) is 7.02. The summed E-state index contributed by atoms with van der Waals surface area (Å²) in [5, 5.41) is 10.9. The first kappa shape index (κ1) is 18.8. The van der Waals surface area contributed by atoms with Gasteiger partial charge in [-0.15, -0.1) is 5.10 Å². The molecule has 1 unspecified atom stereocenters. The number of pyridine rings is 1. The Hall–Kier alpha value is -3.55. The fourth-order valence-electron chi connectivity index (χ4n) is 3.53. The molecule has 1 aromatic carbocycles. The van der Waals surface area contributed by atoms with E-state index in [1.54, 1.807) is 35.4 Å². The number of carbonyl (C=O) groups excluding carboxylic acids is 2. The average molecular weight is 390 g/mol. The van der Waals surface area contributed by atoms with E-state index in [4.69, 9.17) is 0 Å². The maximum absolute atomic E-state index is 12.8. The predicted octanol–water partition coefficient (Wildman–Crippen LogP) is 1.91. The summed E-state index contributed by atoms with van der Waals surface area (Å²) in [5.74, 6) is -0.271. The number of likely N-dealkylation sites (tertiary alicyclic amines) is 1. The van der Waals surface area contributed by atoms with E-state index in [0.717, 1.165) is 18.4 Å². The number of aromatic nitrogens is 4. The Labute approximate surface area is 168 Å². The molecule has 1 fully saturated rings. The quantitative estimate of drug-likeness (QED) is 0.694. The maximum atomic E-state index is 12.8. The number of nitrogens with one attached hydrogen (secondary N) is 1. The van der Waals surface area contributed by atoms with Crippen molar-refractivity contribution >= 4 is 11.8 Å². The van der Waals surface area contributed by atoms with E-state index in [9.17, 15) is 9.59 Å². The first-order chi connectivity index (χ1) is 14.2. The maximum Gasteiger partial charge on any atom is 0.273 e. The second kappa shape index (κ2) is 8.64. The fourth-order valence-corrected chi connectivity index (χ4v) is 3.53. The van der Waals surface area contributed by atoms with Crippen molar-refractivity contribution < 1.29 is 9.59 Å². The van der Waals surface area contributed by atoms with Gasteiger partial charge in [0.05, 0.1) is 18.8 Å². The van der Waals surface area contributed by atoms with Crippen LogP contribution in [0.15, 0.2) is 61.1 Å². The molecule has 0 aliphatic carbocycles. The van der Waals surface area contributed by atoms with Gasteiger partial charge in [0, 0.05) is 31.0 Å². The van der Waals surface area contributed by atoms with Crippen LogP contribution in [0.25, 0.3) is 0 Å². The van der Waals surface area contributed by atoms with Gasteiger partial charge in [0.2, 0.25) is 0 Å². The SMILES string of the molecule is O=C(NCc1ccccc1)c1cn(CC2CCCN2C(=O)c2ccncc2)nn1. The first-order valence-corrected chi connectivity index (χ1v) is 9.64. The third kappa shape index (κ3) is 4.48. The molecule has 2 aromatic heterocycles. The summed E-state index contributed by atoms with van der Waals surface area (Å²) in [5.41, 5.74) is 1.92. The summed E-state index contributed by atoms with van der Waals surface area (Å²) in [4.78, 5) is 30.9. The highest BCUT2D eigenvalue weighted by atomic mass is 16.2. The van der Waals surface area contributed by atoms with Crippen molar-refractivity contribution in [1.82, 2.24) is 30.2 Å².